The van der Waals surface area contributed by atoms with Crippen molar-refractivity contribution in [3.05, 3.63) is 48.7 Å². The minimum absolute atomic E-state index is 0.0479. The number of aromatic nitrogens is 1. The molecular formula is C21H26N4O4. The monoisotopic (exact) mass is 398 g/mol. The van der Waals surface area contributed by atoms with Gasteiger partial charge in [0.25, 0.3) is 0 Å². The fourth-order valence-corrected chi connectivity index (χ4v) is 3.19. The van der Waals surface area contributed by atoms with Crippen molar-refractivity contribution in [1.29, 1.82) is 0 Å². The molecule has 2 N–H and O–H groups in total. The van der Waals surface area contributed by atoms with Crippen LogP contribution in [0.25, 0.3) is 0 Å². The van der Waals surface area contributed by atoms with E-state index in [1.54, 1.807) is 31.4 Å². The zero-order valence-electron chi connectivity index (χ0n) is 16.5. The van der Waals surface area contributed by atoms with Crippen LogP contribution in [0.3, 0.4) is 0 Å². The number of rotatable bonds is 7. The first-order valence-corrected chi connectivity index (χ1v) is 9.66. The van der Waals surface area contributed by atoms with Crippen LogP contribution in [0, 0.1) is 0 Å². The molecule has 1 aliphatic heterocycles. The Kier molecular flexibility index (Phi) is 7.54. The van der Waals surface area contributed by atoms with Crippen molar-refractivity contribution in [2.75, 3.05) is 38.7 Å². The first-order valence-electron chi connectivity index (χ1n) is 9.66. The summed E-state index contributed by atoms with van der Waals surface area (Å²) in [6.45, 7) is 3.16. The standard InChI is InChI=1S/C21H26N4O4/c1-28-13-12-25-11-5-6-17(15-25)24-21(27)20(26)23-16-9-10-22-19(14-16)29-18-7-3-2-4-8-18/h2-4,7-10,14,17H,5-6,11-13,15H2,1H3,(H,24,27)(H,22,23,26)/t17-/m0/s1. The van der Waals surface area contributed by atoms with E-state index in [4.69, 9.17) is 9.47 Å². The number of benzene rings is 1. The van der Waals surface area contributed by atoms with E-state index in [1.165, 1.54) is 6.20 Å². The van der Waals surface area contributed by atoms with Gasteiger partial charge in [0, 0.05) is 44.2 Å². The van der Waals surface area contributed by atoms with Crippen molar-refractivity contribution in [3.8, 4) is 11.6 Å². The molecule has 0 unspecified atom stereocenters. The Hall–Kier alpha value is -2.97. The average molecular weight is 398 g/mol. The minimum atomic E-state index is -0.712. The molecule has 154 valence electrons. The van der Waals surface area contributed by atoms with Crippen LogP contribution in [-0.4, -0.2) is 61.1 Å². The van der Waals surface area contributed by atoms with Gasteiger partial charge in [0.05, 0.1) is 6.61 Å². The summed E-state index contributed by atoms with van der Waals surface area (Å²) in [6.07, 6.45) is 3.34. The van der Waals surface area contributed by atoms with Gasteiger partial charge >= 0.3 is 11.8 Å². The van der Waals surface area contributed by atoms with E-state index in [9.17, 15) is 9.59 Å². The molecule has 1 saturated heterocycles. The number of amides is 2. The largest absolute Gasteiger partial charge is 0.439 e. The summed E-state index contributed by atoms with van der Waals surface area (Å²) in [5.41, 5.74) is 0.441. The molecule has 3 rings (SSSR count). The predicted octanol–water partition coefficient (Wildman–Crippen LogP) is 2.04. The van der Waals surface area contributed by atoms with Gasteiger partial charge in [0.2, 0.25) is 5.88 Å². The molecule has 0 saturated carbocycles. The molecule has 8 heteroatoms. The van der Waals surface area contributed by atoms with Crippen molar-refractivity contribution in [1.82, 2.24) is 15.2 Å². The highest BCUT2D eigenvalue weighted by molar-refractivity contribution is 6.39. The molecule has 2 aromatic rings. The average Bonchev–Trinajstić information content (AvgIpc) is 2.73. The molecule has 1 aromatic heterocycles. The Morgan fingerprint density at radius 1 is 1.21 bits per heavy atom. The molecule has 0 bridgehead atoms. The number of pyridine rings is 1. The molecule has 1 aromatic carbocycles. The summed E-state index contributed by atoms with van der Waals surface area (Å²) in [5, 5.41) is 5.42. The number of likely N-dealkylation sites (tertiary alicyclic amines) is 1. The number of para-hydroxylation sites is 1. The van der Waals surface area contributed by atoms with Crippen LogP contribution in [0.2, 0.25) is 0 Å². The Bertz CT molecular complexity index is 815. The molecule has 8 nitrogen and oxygen atoms in total. The number of hydrogen-bond acceptors (Lipinski definition) is 6. The van der Waals surface area contributed by atoms with Gasteiger partial charge < -0.3 is 20.1 Å². The third kappa shape index (κ3) is 6.55. The second kappa shape index (κ2) is 10.5. The van der Waals surface area contributed by atoms with Gasteiger partial charge in [-0.05, 0) is 37.6 Å². The predicted molar refractivity (Wildman–Crippen MR) is 109 cm³/mol. The molecule has 1 fully saturated rings. The number of ether oxygens (including phenoxy) is 2. The van der Waals surface area contributed by atoms with E-state index >= 15 is 0 Å². The van der Waals surface area contributed by atoms with E-state index in [1.807, 2.05) is 18.2 Å². The molecule has 2 amide bonds. The van der Waals surface area contributed by atoms with Gasteiger partial charge in [-0.25, -0.2) is 4.98 Å². The highest BCUT2D eigenvalue weighted by Gasteiger charge is 2.24. The van der Waals surface area contributed by atoms with E-state index < -0.39 is 11.8 Å². The van der Waals surface area contributed by atoms with Gasteiger partial charge in [-0.3, -0.25) is 14.5 Å². The normalized spacial score (nSPS) is 16.8. The Labute approximate surface area is 170 Å². The summed E-state index contributed by atoms with van der Waals surface area (Å²) >= 11 is 0. The van der Waals surface area contributed by atoms with Crippen molar-refractivity contribution in [2.24, 2.45) is 0 Å². The maximum absolute atomic E-state index is 12.3. The lowest BCUT2D eigenvalue weighted by atomic mass is 10.1. The number of nitrogens with one attached hydrogen (secondary N) is 2. The lowest BCUT2D eigenvalue weighted by Crippen LogP contribution is -2.50. The molecular weight excluding hydrogens is 372 g/mol. The number of nitrogens with zero attached hydrogens (tertiary/aromatic N) is 2. The van der Waals surface area contributed by atoms with E-state index in [0.717, 1.165) is 25.9 Å². The van der Waals surface area contributed by atoms with Crippen LogP contribution in [0.15, 0.2) is 48.7 Å². The lowest BCUT2D eigenvalue weighted by molar-refractivity contribution is -0.136. The van der Waals surface area contributed by atoms with Crippen LogP contribution in [0.5, 0.6) is 11.6 Å². The highest BCUT2D eigenvalue weighted by Crippen LogP contribution is 2.21. The van der Waals surface area contributed by atoms with Crippen molar-refractivity contribution >= 4 is 17.5 Å². The fraction of sp³-hybridized carbons (Fsp3) is 0.381. The summed E-state index contributed by atoms with van der Waals surface area (Å²) in [6, 6.07) is 12.3. The van der Waals surface area contributed by atoms with Crippen molar-refractivity contribution in [3.63, 3.8) is 0 Å². The number of hydrogen-bond donors (Lipinski definition) is 2. The zero-order valence-corrected chi connectivity index (χ0v) is 16.5. The van der Waals surface area contributed by atoms with Crippen LogP contribution in [0.4, 0.5) is 5.69 Å². The molecule has 0 radical (unpaired) electrons. The zero-order chi connectivity index (χ0) is 20.5. The van der Waals surface area contributed by atoms with Gasteiger partial charge in [0.15, 0.2) is 0 Å². The van der Waals surface area contributed by atoms with Crippen LogP contribution >= 0.6 is 0 Å². The molecule has 1 aliphatic rings. The Morgan fingerprint density at radius 3 is 2.83 bits per heavy atom. The van der Waals surface area contributed by atoms with E-state index in [-0.39, 0.29) is 6.04 Å². The van der Waals surface area contributed by atoms with E-state index in [2.05, 4.69) is 20.5 Å². The molecule has 1 atom stereocenters. The van der Waals surface area contributed by atoms with Crippen LogP contribution < -0.4 is 15.4 Å². The number of anilines is 1. The second-order valence-corrected chi connectivity index (χ2v) is 6.86. The van der Waals surface area contributed by atoms with Crippen molar-refractivity contribution < 1.29 is 19.1 Å². The quantitative estimate of drug-likeness (QED) is 0.694. The van der Waals surface area contributed by atoms with Gasteiger partial charge in [-0.2, -0.15) is 0 Å². The Balaban J connectivity index is 1.51. The smallest absolute Gasteiger partial charge is 0.313 e. The second-order valence-electron chi connectivity index (χ2n) is 6.86. The number of methoxy groups -OCH3 is 1. The number of carbonyl (C=O) groups excluding carboxylic acids is 2. The first-order chi connectivity index (χ1) is 14.1. The highest BCUT2D eigenvalue weighted by atomic mass is 16.5. The topological polar surface area (TPSA) is 92.8 Å². The molecule has 0 aliphatic carbocycles. The minimum Gasteiger partial charge on any atom is -0.439 e. The van der Waals surface area contributed by atoms with Gasteiger partial charge in [-0.1, -0.05) is 18.2 Å². The molecule has 0 spiro atoms. The van der Waals surface area contributed by atoms with Gasteiger partial charge in [0.1, 0.15) is 5.75 Å². The maximum atomic E-state index is 12.3. The fourth-order valence-electron chi connectivity index (χ4n) is 3.19. The SMILES string of the molecule is COCCN1CCC[C@H](NC(=O)C(=O)Nc2ccnc(Oc3ccccc3)c2)C1. The molecule has 29 heavy (non-hydrogen) atoms. The lowest BCUT2D eigenvalue weighted by Gasteiger charge is -2.32. The molecule has 2 heterocycles. The van der Waals surface area contributed by atoms with Crippen LogP contribution in [0.1, 0.15) is 12.8 Å². The maximum Gasteiger partial charge on any atom is 0.313 e. The third-order valence-corrected chi connectivity index (χ3v) is 4.62. The van der Waals surface area contributed by atoms with E-state index in [0.29, 0.717) is 30.5 Å². The third-order valence-electron chi connectivity index (χ3n) is 4.62. The first kappa shape index (κ1) is 20.8. The van der Waals surface area contributed by atoms with Gasteiger partial charge in [-0.15, -0.1) is 0 Å². The summed E-state index contributed by atoms with van der Waals surface area (Å²) in [5.74, 6) is -0.395. The summed E-state index contributed by atoms with van der Waals surface area (Å²) in [4.78, 5) is 30.9. The Morgan fingerprint density at radius 2 is 2.03 bits per heavy atom. The van der Waals surface area contributed by atoms with Crippen LogP contribution in [-0.2, 0) is 14.3 Å². The summed E-state index contributed by atoms with van der Waals surface area (Å²) < 4.78 is 10.8. The number of carbonyl (C=O) groups is 2. The van der Waals surface area contributed by atoms with Crippen molar-refractivity contribution in [2.45, 2.75) is 18.9 Å². The summed E-state index contributed by atoms with van der Waals surface area (Å²) in [7, 11) is 1.67. The number of piperidine rings is 1.